The van der Waals surface area contributed by atoms with Crippen molar-refractivity contribution in [2.45, 2.75) is 39.7 Å². The fraction of sp³-hybridized carbons (Fsp3) is 0.526. The predicted octanol–water partition coefficient (Wildman–Crippen LogP) is 4.13. The van der Waals surface area contributed by atoms with E-state index in [1.54, 1.807) is 6.07 Å². The highest BCUT2D eigenvalue weighted by molar-refractivity contribution is 6.38. The van der Waals surface area contributed by atoms with Gasteiger partial charge in [-0.05, 0) is 32.9 Å². The third-order valence-corrected chi connectivity index (χ3v) is 4.92. The molecular weight excluding hydrogens is 385 g/mol. The number of rotatable bonds is 2. The van der Waals surface area contributed by atoms with Crippen molar-refractivity contribution in [3.8, 4) is 0 Å². The van der Waals surface area contributed by atoms with Gasteiger partial charge in [0.05, 0.1) is 10.5 Å². The highest BCUT2D eigenvalue weighted by atomic mass is 35.5. The molecule has 1 aliphatic rings. The molecule has 0 atom stereocenters. The third kappa shape index (κ3) is 4.55. The van der Waals surface area contributed by atoms with Crippen LogP contribution in [0.5, 0.6) is 0 Å². The molecule has 0 bridgehead atoms. The summed E-state index contributed by atoms with van der Waals surface area (Å²) in [6, 6.07) is 3.53. The van der Waals surface area contributed by atoms with E-state index in [-0.39, 0.29) is 11.6 Å². The van der Waals surface area contributed by atoms with Crippen LogP contribution in [0.15, 0.2) is 12.1 Å². The molecule has 0 saturated carbocycles. The Kier molecular flexibility index (Phi) is 5.68. The number of halogens is 2. The fourth-order valence-electron chi connectivity index (χ4n) is 3.11. The van der Waals surface area contributed by atoms with E-state index in [1.165, 1.54) is 0 Å². The summed E-state index contributed by atoms with van der Waals surface area (Å²) in [5, 5.41) is 4.95. The van der Waals surface area contributed by atoms with Crippen molar-refractivity contribution in [3.05, 3.63) is 28.0 Å². The van der Waals surface area contributed by atoms with E-state index in [9.17, 15) is 4.79 Å². The molecule has 146 valence electrons. The molecule has 6 nitrogen and oxygen atoms in total. The summed E-state index contributed by atoms with van der Waals surface area (Å²) in [6.07, 6.45) is 0.718. The number of fused-ring (bicyclic) bond motifs is 1. The normalized spacial score (nSPS) is 15.3. The van der Waals surface area contributed by atoms with E-state index in [0.29, 0.717) is 36.2 Å². The van der Waals surface area contributed by atoms with Crippen LogP contribution in [0.2, 0.25) is 10.0 Å². The molecular formula is C19H25Cl2N5O. The second-order valence-corrected chi connectivity index (χ2v) is 8.60. The molecule has 1 aromatic carbocycles. The smallest absolute Gasteiger partial charge is 0.317 e. The lowest BCUT2D eigenvalue weighted by molar-refractivity contribution is 0.185. The van der Waals surface area contributed by atoms with Crippen molar-refractivity contribution in [3.63, 3.8) is 0 Å². The van der Waals surface area contributed by atoms with Gasteiger partial charge in [0.1, 0.15) is 11.6 Å². The van der Waals surface area contributed by atoms with Crippen LogP contribution in [-0.2, 0) is 6.42 Å². The second-order valence-electron chi connectivity index (χ2n) is 7.76. The van der Waals surface area contributed by atoms with E-state index in [2.05, 4.69) is 15.2 Å². The maximum atomic E-state index is 12.4. The molecule has 2 aromatic rings. The molecule has 1 fully saturated rings. The van der Waals surface area contributed by atoms with Gasteiger partial charge in [0, 0.05) is 48.5 Å². The molecule has 1 N–H and O–H groups in total. The monoisotopic (exact) mass is 409 g/mol. The Hall–Kier alpha value is -1.79. The summed E-state index contributed by atoms with van der Waals surface area (Å²) in [4.78, 5) is 25.7. The van der Waals surface area contributed by atoms with Crippen molar-refractivity contribution < 1.29 is 4.79 Å². The summed E-state index contributed by atoms with van der Waals surface area (Å²) in [6.45, 7) is 10.6. The number of urea groups is 1. The summed E-state index contributed by atoms with van der Waals surface area (Å²) >= 11 is 12.6. The number of piperazine rings is 1. The summed E-state index contributed by atoms with van der Waals surface area (Å²) in [5.41, 5.74) is 0.469. The summed E-state index contributed by atoms with van der Waals surface area (Å²) in [7, 11) is 0. The number of benzene rings is 1. The lowest BCUT2D eigenvalue weighted by atomic mass is 10.1. The van der Waals surface area contributed by atoms with Crippen LogP contribution in [0.4, 0.5) is 10.6 Å². The van der Waals surface area contributed by atoms with Crippen LogP contribution < -0.4 is 10.2 Å². The number of amides is 2. The number of carbonyl (C=O) groups excluding carboxylic acids is 1. The average Bonchev–Trinajstić information content (AvgIpc) is 2.59. The molecule has 1 aromatic heterocycles. The van der Waals surface area contributed by atoms with Gasteiger partial charge in [-0.3, -0.25) is 0 Å². The van der Waals surface area contributed by atoms with Crippen LogP contribution >= 0.6 is 23.2 Å². The fourth-order valence-corrected chi connectivity index (χ4v) is 3.64. The molecule has 2 amide bonds. The zero-order valence-corrected chi connectivity index (χ0v) is 17.7. The van der Waals surface area contributed by atoms with Gasteiger partial charge in [0.2, 0.25) is 0 Å². The van der Waals surface area contributed by atoms with Crippen LogP contribution in [-0.4, -0.2) is 52.6 Å². The zero-order valence-electron chi connectivity index (χ0n) is 16.1. The van der Waals surface area contributed by atoms with Gasteiger partial charge in [0.25, 0.3) is 0 Å². The van der Waals surface area contributed by atoms with Gasteiger partial charge in [-0.2, -0.15) is 0 Å². The maximum Gasteiger partial charge on any atom is 0.317 e. The maximum absolute atomic E-state index is 12.4. The Balaban J connectivity index is 1.86. The average molecular weight is 410 g/mol. The molecule has 8 heteroatoms. The first-order chi connectivity index (χ1) is 12.7. The number of nitrogens with zero attached hydrogens (tertiary/aromatic N) is 4. The minimum Gasteiger partial charge on any atom is -0.352 e. The highest BCUT2D eigenvalue weighted by Gasteiger charge is 2.26. The molecule has 2 heterocycles. The number of aromatic nitrogens is 2. The molecule has 0 unspecified atom stereocenters. The van der Waals surface area contributed by atoms with Crippen molar-refractivity contribution >= 4 is 46.0 Å². The Labute approximate surface area is 169 Å². The van der Waals surface area contributed by atoms with Crippen molar-refractivity contribution in [1.82, 2.24) is 20.2 Å². The van der Waals surface area contributed by atoms with Gasteiger partial charge < -0.3 is 15.1 Å². The van der Waals surface area contributed by atoms with E-state index >= 15 is 0 Å². The molecule has 1 aliphatic heterocycles. The second kappa shape index (κ2) is 7.68. The Morgan fingerprint density at radius 3 is 2.41 bits per heavy atom. The first kappa shape index (κ1) is 20.0. The quantitative estimate of drug-likeness (QED) is 0.809. The standard InChI is InChI=1S/C19H25Cl2N5O/c1-5-15-22-16-13(10-12(20)11-14(16)21)17(23-15)25-6-8-26(9-7-25)18(27)24-19(2,3)4/h10-11H,5-9H2,1-4H3,(H,24,27). The van der Waals surface area contributed by atoms with Gasteiger partial charge in [-0.15, -0.1) is 0 Å². The van der Waals surface area contributed by atoms with Crippen molar-refractivity contribution in [1.29, 1.82) is 0 Å². The number of hydrogen-bond donors (Lipinski definition) is 1. The molecule has 0 aliphatic carbocycles. The van der Waals surface area contributed by atoms with Gasteiger partial charge in [0.15, 0.2) is 0 Å². The molecule has 0 radical (unpaired) electrons. The minimum atomic E-state index is -0.249. The van der Waals surface area contributed by atoms with Crippen LogP contribution in [0.25, 0.3) is 10.9 Å². The first-order valence-electron chi connectivity index (χ1n) is 9.15. The van der Waals surface area contributed by atoms with Crippen molar-refractivity contribution in [2.24, 2.45) is 0 Å². The van der Waals surface area contributed by atoms with Crippen LogP contribution in [0, 0.1) is 0 Å². The molecule has 0 spiro atoms. The molecule has 3 rings (SSSR count). The molecule has 27 heavy (non-hydrogen) atoms. The van der Waals surface area contributed by atoms with E-state index in [0.717, 1.165) is 29.0 Å². The largest absolute Gasteiger partial charge is 0.352 e. The van der Waals surface area contributed by atoms with Gasteiger partial charge in [-0.25, -0.2) is 14.8 Å². The Morgan fingerprint density at radius 1 is 1.15 bits per heavy atom. The van der Waals surface area contributed by atoms with E-state index < -0.39 is 0 Å². The van der Waals surface area contributed by atoms with Crippen molar-refractivity contribution in [2.75, 3.05) is 31.1 Å². The first-order valence-corrected chi connectivity index (χ1v) is 9.91. The third-order valence-electron chi connectivity index (χ3n) is 4.41. The van der Waals surface area contributed by atoms with Crippen LogP contribution in [0.3, 0.4) is 0 Å². The van der Waals surface area contributed by atoms with E-state index in [4.69, 9.17) is 28.2 Å². The SMILES string of the molecule is CCc1nc(N2CCN(C(=O)NC(C)(C)C)CC2)c2cc(Cl)cc(Cl)c2n1. The van der Waals surface area contributed by atoms with Crippen LogP contribution in [0.1, 0.15) is 33.5 Å². The Morgan fingerprint density at radius 2 is 1.81 bits per heavy atom. The van der Waals surface area contributed by atoms with E-state index in [1.807, 2.05) is 38.7 Å². The number of anilines is 1. The number of nitrogens with one attached hydrogen (secondary N) is 1. The molecule has 1 saturated heterocycles. The number of aryl methyl sites for hydroxylation is 1. The summed E-state index contributed by atoms with van der Waals surface area (Å²) < 4.78 is 0. The lowest BCUT2D eigenvalue weighted by Gasteiger charge is -2.37. The predicted molar refractivity (Wildman–Crippen MR) is 111 cm³/mol. The number of carbonyl (C=O) groups is 1. The van der Waals surface area contributed by atoms with Gasteiger partial charge in [-0.1, -0.05) is 30.1 Å². The lowest BCUT2D eigenvalue weighted by Crippen LogP contribution is -2.55. The number of hydrogen-bond acceptors (Lipinski definition) is 4. The topological polar surface area (TPSA) is 61.4 Å². The minimum absolute atomic E-state index is 0.0324. The summed E-state index contributed by atoms with van der Waals surface area (Å²) in [5.74, 6) is 1.58. The Bertz CT molecular complexity index is 857. The zero-order chi connectivity index (χ0) is 19.8. The van der Waals surface area contributed by atoms with Gasteiger partial charge >= 0.3 is 6.03 Å². The highest BCUT2D eigenvalue weighted by Crippen LogP contribution is 2.32.